The van der Waals surface area contributed by atoms with Gasteiger partial charge in [-0.25, -0.2) is 9.59 Å². The Bertz CT molecular complexity index is 1060. The van der Waals surface area contributed by atoms with Crippen molar-refractivity contribution in [1.29, 1.82) is 5.26 Å². The topological polar surface area (TPSA) is 109 Å². The summed E-state index contributed by atoms with van der Waals surface area (Å²) in [6.45, 7) is 4.05. The fraction of sp³-hybridized carbons (Fsp3) is 0.250. The molecule has 8 nitrogen and oxygen atoms in total. The molecule has 0 aliphatic rings. The maximum Gasteiger partial charge on any atom is 0.339 e. The zero-order valence-corrected chi connectivity index (χ0v) is 18.4. The van der Waals surface area contributed by atoms with Gasteiger partial charge in [-0.3, -0.25) is 4.79 Å². The zero-order chi connectivity index (χ0) is 23.7. The van der Waals surface area contributed by atoms with Crippen molar-refractivity contribution in [3.8, 4) is 6.07 Å². The van der Waals surface area contributed by atoms with Gasteiger partial charge in [0.2, 0.25) is 0 Å². The van der Waals surface area contributed by atoms with Crippen LogP contribution < -0.4 is 5.32 Å². The summed E-state index contributed by atoms with van der Waals surface area (Å²) < 4.78 is 9.47. The Hall–Kier alpha value is -4.12. The molecule has 0 saturated carbocycles. The molecule has 2 aromatic rings. The SMILES string of the molecule is COC(=O)c1ccc(C(=O)OC)c(N/C=C(/C#N)C(=O)N(Cc2ccccc2)C(C)C)c1. The minimum Gasteiger partial charge on any atom is -0.465 e. The van der Waals surface area contributed by atoms with Crippen LogP contribution in [0, 0.1) is 11.3 Å². The Labute approximate surface area is 187 Å². The van der Waals surface area contributed by atoms with Gasteiger partial charge < -0.3 is 19.7 Å². The predicted molar refractivity (Wildman–Crippen MR) is 119 cm³/mol. The summed E-state index contributed by atoms with van der Waals surface area (Å²) in [6.07, 6.45) is 1.21. The Balaban J connectivity index is 2.36. The van der Waals surface area contributed by atoms with Crippen molar-refractivity contribution in [3.05, 3.63) is 77.0 Å². The summed E-state index contributed by atoms with van der Waals surface area (Å²) in [5, 5.41) is 12.4. The maximum absolute atomic E-state index is 13.1. The number of hydrogen-bond acceptors (Lipinski definition) is 7. The van der Waals surface area contributed by atoms with Crippen LogP contribution in [0.1, 0.15) is 40.1 Å². The lowest BCUT2D eigenvalue weighted by molar-refractivity contribution is -0.129. The molecule has 0 atom stereocenters. The molecule has 0 saturated heterocycles. The highest BCUT2D eigenvalue weighted by Crippen LogP contribution is 2.21. The van der Waals surface area contributed by atoms with Gasteiger partial charge in [0.15, 0.2) is 0 Å². The highest BCUT2D eigenvalue weighted by molar-refractivity contribution is 6.00. The number of nitrogens with one attached hydrogen (secondary N) is 1. The summed E-state index contributed by atoms with van der Waals surface area (Å²) in [5.74, 6) is -1.71. The molecule has 0 spiro atoms. The van der Waals surface area contributed by atoms with Gasteiger partial charge in [-0.15, -0.1) is 0 Å². The quantitative estimate of drug-likeness (QED) is 0.384. The summed E-state index contributed by atoms with van der Waals surface area (Å²) >= 11 is 0. The molecule has 8 heteroatoms. The Morgan fingerprint density at radius 2 is 1.72 bits per heavy atom. The van der Waals surface area contributed by atoms with E-state index in [0.717, 1.165) is 5.56 Å². The molecule has 0 aliphatic heterocycles. The van der Waals surface area contributed by atoms with E-state index in [1.807, 2.05) is 50.2 Å². The van der Waals surface area contributed by atoms with E-state index in [1.165, 1.54) is 38.6 Å². The van der Waals surface area contributed by atoms with Crippen LogP contribution in [-0.2, 0) is 20.8 Å². The second-order valence-electron chi connectivity index (χ2n) is 7.07. The van der Waals surface area contributed by atoms with Crippen LogP contribution in [0.4, 0.5) is 5.69 Å². The molecular weight excluding hydrogens is 410 g/mol. The fourth-order valence-electron chi connectivity index (χ4n) is 2.91. The third-order valence-electron chi connectivity index (χ3n) is 4.65. The van der Waals surface area contributed by atoms with E-state index in [2.05, 4.69) is 5.32 Å². The second kappa shape index (κ2) is 11.3. The smallest absolute Gasteiger partial charge is 0.339 e. The Kier molecular flexibility index (Phi) is 8.54. The van der Waals surface area contributed by atoms with Gasteiger partial charge in [-0.1, -0.05) is 30.3 Å². The average Bonchev–Trinajstić information content (AvgIpc) is 2.82. The highest BCUT2D eigenvalue weighted by Gasteiger charge is 2.22. The van der Waals surface area contributed by atoms with Crippen LogP contribution in [0.25, 0.3) is 0 Å². The van der Waals surface area contributed by atoms with Crippen molar-refractivity contribution in [2.24, 2.45) is 0 Å². The number of nitriles is 1. The molecule has 0 aromatic heterocycles. The molecule has 0 bridgehead atoms. The molecule has 0 radical (unpaired) electrons. The number of ether oxygens (including phenoxy) is 2. The lowest BCUT2D eigenvalue weighted by Gasteiger charge is -2.26. The molecule has 0 fully saturated rings. The van der Waals surface area contributed by atoms with Crippen LogP contribution in [-0.4, -0.2) is 43.0 Å². The van der Waals surface area contributed by atoms with E-state index in [4.69, 9.17) is 9.47 Å². The van der Waals surface area contributed by atoms with Crippen LogP contribution in [0.3, 0.4) is 0 Å². The van der Waals surface area contributed by atoms with Crippen molar-refractivity contribution < 1.29 is 23.9 Å². The largest absolute Gasteiger partial charge is 0.465 e. The molecule has 2 rings (SSSR count). The lowest BCUT2D eigenvalue weighted by atomic mass is 10.1. The Morgan fingerprint density at radius 1 is 1.06 bits per heavy atom. The van der Waals surface area contributed by atoms with Gasteiger partial charge in [0, 0.05) is 18.8 Å². The van der Waals surface area contributed by atoms with Gasteiger partial charge in [0.25, 0.3) is 5.91 Å². The second-order valence-corrected chi connectivity index (χ2v) is 7.07. The number of anilines is 1. The molecule has 0 aliphatic carbocycles. The third kappa shape index (κ3) is 5.95. The first-order chi connectivity index (χ1) is 15.3. The van der Waals surface area contributed by atoms with E-state index in [1.54, 1.807) is 4.90 Å². The van der Waals surface area contributed by atoms with Crippen LogP contribution in [0.15, 0.2) is 60.3 Å². The molecule has 0 unspecified atom stereocenters. The molecule has 166 valence electrons. The summed E-state index contributed by atoms with van der Waals surface area (Å²) in [4.78, 5) is 38.6. The fourth-order valence-corrected chi connectivity index (χ4v) is 2.91. The van der Waals surface area contributed by atoms with E-state index in [-0.39, 0.29) is 28.4 Å². The van der Waals surface area contributed by atoms with Crippen molar-refractivity contribution in [2.75, 3.05) is 19.5 Å². The number of carbonyl (C=O) groups excluding carboxylic acids is 3. The number of esters is 2. The minimum atomic E-state index is -0.643. The van der Waals surface area contributed by atoms with E-state index >= 15 is 0 Å². The molecule has 2 aromatic carbocycles. The lowest BCUT2D eigenvalue weighted by Crippen LogP contribution is -2.37. The average molecular weight is 435 g/mol. The summed E-state index contributed by atoms with van der Waals surface area (Å²) in [5.41, 5.74) is 1.28. The van der Waals surface area contributed by atoms with E-state index in [0.29, 0.717) is 6.54 Å². The molecule has 0 heterocycles. The monoisotopic (exact) mass is 435 g/mol. The first-order valence-corrected chi connectivity index (χ1v) is 9.84. The first-order valence-electron chi connectivity index (χ1n) is 9.84. The normalized spacial score (nSPS) is 10.8. The van der Waals surface area contributed by atoms with Crippen LogP contribution in [0.5, 0.6) is 0 Å². The van der Waals surface area contributed by atoms with E-state index < -0.39 is 17.8 Å². The van der Waals surface area contributed by atoms with Gasteiger partial charge in [-0.05, 0) is 37.6 Å². The van der Waals surface area contributed by atoms with Crippen molar-refractivity contribution in [1.82, 2.24) is 4.90 Å². The first kappa shape index (κ1) is 24.2. The third-order valence-corrected chi connectivity index (χ3v) is 4.65. The summed E-state index contributed by atoms with van der Waals surface area (Å²) in [7, 11) is 2.47. The molecule has 1 N–H and O–H groups in total. The number of hydrogen-bond donors (Lipinski definition) is 1. The summed E-state index contributed by atoms with van der Waals surface area (Å²) in [6, 6.07) is 15.4. The molecule has 32 heavy (non-hydrogen) atoms. The van der Waals surface area contributed by atoms with Gasteiger partial charge in [0.1, 0.15) is 11.6 Å². The van der Waals surface area contributed by atoms with Crippen LogP contribution >= 0.6 is 0 Å². The minimum absolute atomic E-state index is 0.131. The zero-order valence-electron chi connectivity index (χ0n) is 18.4. The van der Waals surface area contributed by atoms with Gasteiger partial charge in [0.05, 0.1) is 31.0 Å². The van der Waals surface area contributed by atoms with Crippen LogP contribution in [0.2, 0.25) is 0 Å². The number of methoxy groups -OCH3 is 2. The maximum atomic E-state index is 13.1. The van der Waals surface area contributed by atoms with Gasteiger partial charge >= 0.3 is 11.9 Å². The Morgan fingerprint density at radius 3 is 2.28 bits per heavy atom. The van der Waals surface area contributed by atoms with Crippen molar-refractivity contribution in [3.63, 3.8) is 0 Å². The number of amides is 1. The van der Waals surface area contributed by atoms with Gasteiger partial charge in [-0.2, -0.15) is 5.26 Å². The molecular formula is C24H25N3O5. The number of benzene rings is 2. The molecule has 1 amide bonds. The predicted octanol–water partition coefficient (Wildman–Crippen LogP) is 3.52. The van der Waals surface area contributed by atoms with Crippen molar-refractivity contribution >= 4 is 23.5 Å². The highest BCUT2D eigenvalue weighted by atomic mass is 16.5. The number of nitrogens with zero attached hydrogens (tertiary/aromatic N) is 2. The standard InChI is InChI=1S/C24H25N3O5/c1-16(2)27(15-17-8-6-5-7-9-17)22(28)19(13-25)14-26-21-12-18(23(29)31-3)10-11-20(21)24(30)32-4/h5-12,14,16,26H,15H2,1-4H3/b19-14-. The van der Waals surface area contributed by atoms with Crippen molar-refractivity contribution in [2.45, 2.75) is 26.4 Å². The number of carbonyl (C=O) groups is 3. The van der Waals surface area contributed by atoms with E-state index in [9.17, 15) is 19.6 Å². The number of rotatable bonds is 8.